The van der Waals surface area contributed by atoms with Gasteiger partial charge in [-0.1, -0.05) is 48.5 Å². The molecule has 2 N–H and O–H groups in total. The van der Waals surface area contributed by atoms with E-state index in [0.717, 1.165) is 247 Å². The molecule has 0 heterocycles. The largest absolute Gasteiger partial charge is 0.497 e. The number of aliphatic hydroxyl groups is 2. The number of nitrogens with zero attached hydrogens (tertiary/aromatic N) is 4. The van der Waals surface area contributed by atoms with Gasteiger partial charge in [0.2, 0.25) is 0 Å². The van der Waals surface area contributed by atoms with Crippen molar-refractivity contribution in [2.75, 3.05) is 62.3 Å². The van der Waals surface area contributed by atoms with Gasteiger partial charge >= 0.3 is 0 Å². The Morgan fingerprint density at radius 3 is 0.505 bits per heavy atom. The maximum Gasteiger partial charge on any atom is 0.119 e. The molecule has 0 aliphatic heterocycles. The number of rotatable bonds is 20. The average Bonchev–Trinajstić information content (AvgIpc) is 1.50. The zero-order valence-electron chi connectivity index (χ0n) is 67.2. The fraction of sp³-hybridized carbons (Fsp3) is 0.258. The van der Waals surface area contributed by atoms with Crippen LogP contribution in [0.15, 0.2) is 170 Å². The maximum absolute atomic E-state index is 10.8. The van der Waals surface area contributed by atoms with Gasteiger partial charge in [-0.25, -0.2) is 0 Å². The number of hydrogen-bond acceptors (Lipinski definition) is 12. The average molecular weight is 1450 g/mol. The third-order valence-electron chi connectivity index (χ3n) is 22.7. The molecule has 12 nitrogen and oxygen atoms in total. The van der Waals surface area contributed by atoms with Gasteiger partial charge in [0.05, 0.1) is 107 Å². The van der Waals surface area contributed by atoms with E-state index in [4.69, 9.17) is 28.4 Å². The molecule has 0 amide bonds. The van der Waals surface area contributed by atoms with Gasteiger partial charge in [0, 0.05) is 22.7 Å². The number of anilines is 12. The van der Waals surface area contributed by atoms with Gasteiger partial charge in [-0.3, -0.25) is 0 Å². The summed E-state index contributed by atoms with van der Waals surface area (Å²) in [6.07, 6.45) is 0. The first-order valence-electron chi connectivity index (χ1n) is 37.4. The summed E-state index contributed by atoms with van der Waals surface area (Å²) < 4.78 is 36.1. The number of ether oxygens (including phenoxy) is 6. The molecule has 0 aromatic heterocycles. The van der Waals surface area contributed by atoms with Gasteiger partial charge in [-0.05, 0) is 377 Å². The van der Waals surface area contributed by atoms with E-state index in [1.807, 2.05) is 0 Å². The van der Waals surface area contributed by atoms with E-state index in [2.05, 4.69) is 300 Å². The van der Waals surface area contributed by atoms with Crippen LogP contribution in [-0.2, 0) is 18.6 Å². The molecular formula is C97H100N4O8. The minimum absolute atomic E-state index is 0.0889. The second-order valence-electron chi connectivity index (χ2n) is 30.1. The number of methoxy groups -OCH3 is 6. The summed E-state index contributed by atoms with van der Waals surface area (Å²) in [5.74, 6) is 4.70. The molecule has 2 aliphatic carbocycles. The molecule has 12 aromatic carbocycles. The van der Waals surface area contributed by atoms with E-state index in [0.29, 0.717) is 0 Å². The summed E-state index contributed by atoms with van der Waals surface area (Å²) in [7, 11) is 10.4. The second-order valence-corrected chi connectivity index (χ2v) is 30.1. The Morgan fingerprint density at radius 2 is 0.367 bits per heavy atom. The topological polar surface area (TPSA) is 109 Å². The highest BCUT2D eigenvalue weighted by Crippen LogP contribution is 2.67. The highest BCUT2D eigenvalue weighted by molar-refractivity contribution is 6.01. The molecule has 14 rings (SSSR count). The van der Waals surface area contributed by atoms with Gasteiger partial charge in [0.1, 0.15) is 34.5 Å². The molecule has 0 saturated carbocycles. The molecule has 0 radical (unpaired) electrons. The van der Waals surface area contributed by atoms with Crippen LogP contribution in [0.5, 0.6) is 34.5 Å². The molecule has 0 fully saturated rings. The SMILES string of the molecule is COc1cc(C)c(N(c2ccc3c(c2)C2(c4cc(N(c5c(C)cc(CO)cc5C)c5c(C)cc(OC)cc5C)ccc4-c4ccc(N(c5c(C)cc(OC)cc5C)c5c(C)cc(OC)cc5C)cc42)c2cc(N(c4c(C)cc(OC)cc4C)c4c(C)cc(OC)cc4C)ccc2-3)c2c(C)cc(CO)cc2C)c(C)c1. The normalized spacial score (nSPS) is 12.2. The van der Waals surface area contributed by atoms with Gasteiger partial charge in [-0.15, -0.1) is 0 Å². The Balaban J connectivity index is 1.19. The number of benzene rings is 12. The lowest BCUT2D eigenvalue weighted by atomic mass is 9.70. The molecule has 1 spiro atoms. The lowest BCUT2D eigenvalue weighted by molar-refractivity contribution is 0.281. The number of fused-ring (bicyclic) bond motifs is 10. The van der Waals surface area contributed by atoms with E-state index < -0.39 is 5.41 Å². The molecule has 0 saturated heterocycles. The second kappa shape index (κ2) is 28.9. The zero-order chi connectivity index (χ0) is 77.7. The zero-order valence-corrected chi connectivity index (χ0v) is 67.2. The molecule has 2 aliphatic rings. The van der Waals surface area contributed by atoms with Crippen molar-refractivity contribution in [1.29, 1.82) is 0 Å². The minimum Gasteiger partial charge on any atom is -0.497 e. The fourth-order valence-electron chi connectivity index (χ4n) is 18.5. The molecule has 0 unspecified atom stereocenters. The first kappa shape index (κ1) is 74.4. The fourth-order valence-corrected chi connectivity index (χ4v) is 18.5. The van der Waals surface area contributed by atoms with Crippen LogP contribution in [0.2, 0.25) is 0 Å². The van der Waals surface area contributed by atoms with Crippen LogP contribution in [0.1, 0.15) is 122 Å². The Hall–Kier alpha value is -11.4. The summed E-state index contributed by atoms with van der Waals surface area (Å²) >= 11 is 0. The van der Waals surface area contributed by atoms with Crippen molar-refractivity contribution in [1.82, 2.24) is 0 Å². The summed E-state index contributed by atoms with van der Waals surface area (Å²) in [6.45, 7) is 34.7. The van der Waals surface area contributed by atoms with Crippen molar-refractivity contribution >= 4 is 68.2 Å². The Kier molecular flexibility index (Phi) is 19.8. The van der Waals surface area contributed by atoms with Crippen LogP contribution in [0, 0.1) is 111 Å². The highest BCUT2D eigenvalue weighted by atomic mass is 16.5. The summed E-state index contributed by atoms with van der Waals surface area (Å²) in [6, 6.07) is 62.9. The summed E-state index contributed by atoms with van der Waals surface area (Å²) in [4.78, 5) is 9.87. The van der Waals surface area contributed by atoms with Crippen molar-refractivity contribution in [3.63, 3.8) is 0 Å². The van der Waals surface area contributed by atoms with Crippen LogP contribution >= 0.6 is 0 Å². The van der Waals surface area contributed by atoms with E-state index in [1.54, 1.807) is 42.7 Å². The molecule has 12 aromatic rings. The molecular weight excluding hydrogens is 1350 g/mol. The smallest absolute Gasteiger partial charge is 0.119 e. The van der Waals surface area contributed by atoms with Crippen molar-refractivity contribution in [2.45, 2.75) is 129 Å². The molecule has 0 bridgehead atoms. The molecule has 556 valence electrons. The summed E-state index contributed by atoms with van der Waals surface area (Å²) in [5.41, 5.74) is 38.2. The van der Waals surface area contributed by atoms with Crippen LogP contribution < -0.4 is 48.0 Å². The lowest BCUT2D eigenvalue weighted by Crippen LogP contribution is -2.28. The van der Waals surface area contributed by atoms with Crippen molar-refractivity contribution in [3.8, 4) is 56.8 Å². The van der Waals surface area contributed by atoms with E-state index in [-0.39, 0.29) is 13.2 Å². The van der Waals surface area contributed by atoms with Gasteiger partial charge in [-0.2, -0.15) is 0 Å². The first-order chi connectivity index (χ1) is 52.2. The van der Waals surface area contributed by atoms with Crippen molar-refractivity contribution < 1.29 is 38.6 Å². The maximum atomic E-state index is 10.8. The number of aliphatic hydroxyl groups excluding tert-OH is 2. The predicted molar refractivity (Wildman–Crippen MR) is 448 cm³/mol. The lowest BCUT2D eigenvalue weighted by Gasteiger charge is -2.37. The Bertz CT molecular complexity index is 4570. The number of aryl methyl sites for hydroxylation is 16. The van der Waals surface area contributed by atoms with Crippen molar-refractivity contribution in [2.24, 2.45) is 0 Å². The third-order valence-corrected chi connectivity index (χ3v) is 22.7. The Morgan fingerprint density at radius 1 is 0.220 bits per heavy atom. The van der Waals surface area contributed by atoms with E-state index >= 15 is 0 Å². The van der Waals surface area contributed by atoms with Gasteiger partial charge in [0.25, 0.3) is 0 Å². The monoisotopic (exact) mass is 1450 g/mol. The van der Waals surface area contributed by atoms with Gasteiger partial charge in [0.15, 0.2) is 0 Å². The van der Waals surface area contributed by atoms with Gasteiger partial charge < -0.3 is 58.2 Å². The van der Waals surface area contributed by atoms with Crippen molar-refractivity contribution in [3.05, 3.63) is 292 Å². The highest BCUT2D eigenvalue weighted by Gasteiger charge is 2.53. The standard InChI is InChI=1S/C97H100N4O8/c1-53-31-69(51-102)32-54(2)89(53)98(91-57(5)35-75(104-17)36-58(91)6)71-23-27-81-83-29-25-73(100(93-61(9)39-77(106-19)40-62(93)10)94-63(11)41-78(107-20)42-64(94)12)49-87(83)97(85(81)47-71)86-48-72(99(90-55(3)33-70(52-103)34-56(90)4)92-59(7)37-76(105-18)38-60(92)8)24-28-82(86)84-30-26-74(50-88(84)97)101(95-65(13)43-79(108-21)44-66(95)14)96-67(15)45-80(109-22)46-68(96)16/h23-50,102-103H,51-52H2,1-22H3. The van der Waals surface area contributed by atoms with E-state index in [9.17, 15) is 10.2 Å². The molecule has 12 heteroatoms. The minimum atomic E-state index is -1.12. The summed E-state index contributed by atoms with van der Waals surface area (Å²) in [5, 5.41) is 21.7. The van der Waals surface area contributed by atoms with Crippen LogP contribution in [0.4, 0.5) is 68.2 Å². The quantitative estimate of drug-likeness (QED) is 0.0758. The van der Waals surface area contributed by atoms with Crippen LogP contribution in [-0.4, -0.2) is 52.9 Å². The van der Waals surface area contributed by atoms with Crippen LogP contribution in [0.3, 0.4) is 0 Å². The molecule has 109 heavy (non-hydrogen) atoms. The van der Waals surface area contributed by atoms with E-state index in [1.165, 1.54) is 0 Å². The number of hydrogen-bond donors (Lipinski definition) is 2. The van der Waals surface area contributed by atoms with Crippen LogP contribution in [0.25, 0.3) is 22.3 Å². The first-order valence-corrected chi connectivity index (χ1v) is 37.4. The molecule has 0 atom stereocenters. The predicted octanol–water partition coefficient (Wildman–Crippen LogP) is 23.9. The Labute approximate surface area is 643 Å². The third kappa shape index (κ3) is 12.3.